The summed E-state index contributed by atoms with van der Waals surface area (Å²) in [7, 11) is 1.52. The van der Waals surface area contributed by atoms with Crippen molar-refractivity contribution in [3.05, 3.63) is 0 Å². The highest BCUT2D eigenvalue weighted by molar-refractivity contribution is 5.74. The molecule has 3 nitrogen and oxygen atoms in total. The molecule has 0 aliphatic carbocycles. The third-order valence-electron chi connectivity index (χ3n) is 1.48. The minimum atomic E-state index is -0.399. The normalized spacial score (nSPS) is 13.1. The molecule has 72 valence electrons. The molecule has 0 aromatic carbocycles. The Morgan fingerprint density at radius 3 is 2.33 bits per heavy atom. The van der Waals surface area contributed by atoms with E-state index < -0.39 is 6.10 Å². The Morgan fingerprint density at radius 1 is 1.42 bits per heavy atom. The monoisotopic (exact) mass is 174 g/mol. The zero-order valence-electron chi connectivity index (χ0n) is 8.29. The van der Waals surface area contributed by atoms with Gasteiger partial charge >= 0.3 is 5.97 Å². The Bertz CT molecular complexity index is 128. The van der Waals surface area contributed by atoms with Crippen molar-refractivity contribution in [2.75, 3.05) is 13.7 Å². The van der Waals surface area contributed by atoms with E-state index in [0.29, 0.717) is 18.9 Å². The molecule has 3 heteroatoms. The van der Waals surface area contributed by atoms with Crippen LogP contribution in [-0.2, 0) is 14.3 Å². The van der Waals surface area contributed by atoms with E-state index in [2.05, 4.69) is 0 Å². The van der Waals surface area contributed by atoms with E-state index in [1.807, 2.05) is 20.8 Å². The van der Waals surface area contributed by atoms with Crippen molar-refractivity contribution in [3.63, 3.8) is 0 Å². The van der Waals surface area contributed by atoms with Gasteiger partial charge in [0.2, 0.25) is 0 Å². The smallest absolute Gasteiger partial charge is 0.335 e. The van der Waals surface area contributed by atoms with Gasteiger partial charge in [0.25, 0.3) is 0 Å². The molecule has 0 radical (unpaired) electrons. The first-order chi connectivity index (χ1) is 5.61. The van der Waals surface area contributed by atoms with Gasteiger partial charge in [-0.05, 0) is 12.3 Å². The lowest BCUT2D eigenvalue weighted by atomic mass is 10.2. The SMILES string of the molecule is CCC(OC)C(=O)OCC(C)C. The van der Waals surface area contributed by atoms with Crippen LogP contribution in [-0.4, -0.2) is 25.8 Å². The van der Waals surface area contributed by atoms with Crippen molar-refractivity contribution in [1.29, 1.82) is 0 Å². The zero-order chi connectivity index (χ0) is 9.56. The van der Waals surface area contributed by atoms with Gasteiger partial charge in [0, 0.05) is 7.11 Å². The number of carbonyl (C=O) groups excluding carboxylic acids is 1. The maximum absolute atomic E-state index is 11.2. The molecule has 0 aliphatic rings. The molecule has 12 heavy (non-hydrogen) atoms. The van der Waals surface area contributed by atoms with E-state index in [4.69, 9.17) is 9.47 Å². The Balaban J connectivity index is 3.69. The molecule has 0 N–H and O–H groups in total. The van der Waals surface area contributed by atoms with E-state index in [0.717, 1.165) is 0 Å². The quantitative estimate of drug-likeness (QED) is 0.594. The van der Waals surface area contributed by atoms with Gasteiger partial charge in [0.15, 0.2) is 6.10 Å². The van der Waals surface area contributed by atoms with Gasteiger partial charge in [-0.3, -0.25) is 0 Å². The summed E-state index contributed by atoms with van der Waals surface area (Å²) in [6, 6.07) is 0. The summed E-state index contributed by atoms with van der Waals surface area (Å²) in [6.07, 6.45) is 0.261. The van der Waals surface area contributed by atoms with Crippen LogP contribution in [0.2, 0.25) is 0 Å². The minimum absolute atomic E-state index is 0.256. The molecule has 0 aromatic heterocycles. The molecule has 0 aliphatic heterocycles. The molecule has 1 atom stereocenters. The van der Waals surface area contributed by atoms with E-state index in [1.165, 1.54) is 7.11 Å². The van der Waals surface area contributed by atoms with Gasteiger partial charge in [-0.15, -0.1) is 0 Å². The van der Waals surface area contributed by atoms with Crippen molar-refractivity contribution in [1.82, 2.24) is 0 Å². The number of esters is 1. The molecule has 0 amide bonds. The van der Waals surface area contributed by atoms with Crippen molar-refractivity contribution >= 4 is 5.97 Å². The first kappa shape index (κ1) is 11.4. The third kappa shape index (κ3) is 4.34. The molecular weight excluding hydrogens is 156 g/mol. The molecule has 0 rings (SSSR count). The molecule has 0 saturated carbocycles. The summed E-state index contributed by atoms with van der Waals surface area (Å²) >= 11 is 0. The number of rotatable bonds is 5. The topological polar surface area (TPSA) is 35.5 Å². The molecule has 0 saturated heterocycles. The lowest BCUT2D eigenvalue weighted by Gasteiger charge is -2.13. The zero-order valence-corrected chi connectivity index (χ0v) is 8.29. The molecule has 0 fully saturated rings. The predicted octanol–water partition coefficient (Wildman–Crippen LogP) is 1.61. The molecule has 0 heterocycles. The standard InChI is InChI=1S/C9H18O3/c1-5-8(11-4)9(10)12-6-7(2)3/h7-8H,5-6H2,1-4H3. The average molecular weight is 174 g/mol. The highest BCUT2D eigenvalue weighted by atomic mass is 16.6. The molecule has 0 bridgehead atoms. The fraction of sp³-hybridized carbons (Fsp3) is 0.889. The maximum atomic E-state index is 11.2. The van der Waals surface area contributed by atoms with E-state index in [1.54, 1.807) is 0 Å². The minimum Gasteiger partial charge on any atom is -0.463 e. The van der Waals surface area contributed by atoms with Gasteiger partial charge in [-0.2, -0.15) is 0 Å². The third-order valence-corrected chi connectivity index (χ3v) is 1.48. The summed E-state index contributed by atoms with van der Waals surface area (Å²) in [5, 5.41) is 0. The number of methoxy groups -OCH3 is 1. The van der Waals surface area contributed by atoms with E-state index >= 15 is 0 Å². The molecule has 1 unspecified atom stereocenters. The summed E-state index contributed by atoms with van der Waals surface area (Å²) < 4.78 is 9.90. The Labute approximate surface area is 74.0 Å². The summed E-state index contributed by atoms with van der Waals surface area (Å²) in [5.41, 5.74) is 0. The Hall–Kier alpha value is -0.570. The fourth-order valence-corrected chi connectivity index (χ4v) is 0.771. The largest absolute Gasteiger partial charge is 0.463 e. The van der Waals surface area contributed by atoms with Crippen LogP contribution in [0.25, 0.3) is 0 Å². The van der Waals surface area contributed by atoms with Crippen molar-refractivity contribution in [3.8, 4) is 0 Å². The second-order valence-corrected chi connectivity index (χ2v) is 3.16. The number of ether oxygens (including phenoxy) is 2. The highest BCUT2D eigenvalue weighted by Crippen LogP contribution is 2.01. The number of hydrogen-bond acceptors (Lipinski definition) is 3. The lowest BCUT2D eigenvalue weighted by Crippen LogP contribution is -2.25. The van der Waals surface area contributed by atoms with Crippen molar-refractivity contribution in [2.45, 2.75) is 33.3 Å². The highest BCUT2D eigenvalue weighted by Gasteiger charge is 2.16. The lowest BCUT2D eigenvalue weighted by molar-refractivity contribution is -0.156. The van der Waals surface area contributed by atoms with E-state index in [-0.39, 0.29) is 5.97 Å². The van der Waals surface area contributed by atoms with Gasteiger partial charge in [-0.25, -0.2) is 4.79 Å². The average Bonchev–Trinajstić information content (AvgIpc) is 2.03. The maximum Gasteiger partial charge on any atom is 0.335 e. The first-order valence-electron chi connectivity index (χ1n) is 4.31. The summed E-state index contributed by atoms with van der Waals surface area (Å²) in [5.74, 6) is 0.122. The van der Waals surface area contributed by atoms with Crippen LogP contribution in [0.4, 0.5) is 0 Å². The van der Waals surface area contributed by atoms with Gasteiger partial charge in [0.05, 0.1) is 6.61 Å². The van der Waals surface area contributed by atoms with Crippen LogP contribution < -0.4 is 0 Å². The summed E-state index contributed by atoms with van der Waals surface area (Å²) in [6.45, 7) is 6.37. The molecule has 0 spiro atoms. The van der Waals surface area contributed by atoms with Crippen LogP contribution in [0.15, 0.2) is 0 Å². The predicted molar refractivity (Wildman–Crippen MR) is 46.9 cm³/mol. The molecular formula is C9H18O3. The van der Waals surface area contributed by atoms with Crippen LogP contribution in [0, 0.1) is 5.92 Å². The second kappa shape index (κ2) is 6.00. The molecule has 0 aromatic rings. The number of carbonyl (C=O) groups is 1. The van der Waals surface area contributed by atoms with Gasteiger partial charge < -0.3 is 9.47 Å². The van der Waals surface area contributed by atoms with E-state index in [9.17, 15) is 4.79 Å². The van der Waals surface area contributed by atoms with Crippen molar-refractivity contribution < 1.29 is 14.3 Å². The van der Waals surface area contributed by atoms with Crippen LogP contribution in [0.5, 0.6) is 0 Å². The van der Waals surface area contributed by atoms with Crippen LogP contribution >= 0.6 is 0 Å². The summed E-state index contributed by atoms with van der Waals surface area (Å²) in [4.78, 5) is 11.2. The fourth-order valence-electron chi connectivity index (χ4n) is 0.771. The van der Waals surface area contributed by atoms with Crippen LogP contribution in [0.1, 0.15) is 27.2 Å². The Morgan fingerprint density at radius 2 is 2.00 bits per heavy atom. The van der Waals surface area contributed by atoms with Gasteiger partial charge in [0.1, 0.15) is 0 Å². The van der Waals surface area contributed by atoms with Crippen LogP contribution in [0.3, 0.4) is 0 Å². The van der Waals surface area contributed by atoms with Crippen molar-refractivity contribution in [2.24, 2.45) is 5.92 Å². The second-order valence-electron chi connectivity index (χ2n) is 3.16. The number of hydrogen-bond donors (Lipinski definition) is 0. The Kier molecular flexibility index (Phi) is 5.72. The van der Waals surface area contributed by atoms with Gasteiger partial charge in [-0.1, -0.05) is 20.8 Å². The first-order valence-corrected chi connectivity index (χ1v) is 4.31.